The fourth-order valence-corrected chi connectivity index (χ4v) is 1.86. The molecule has 2 atom stereocenters. The molecule has 1 heterocycles. The molecule has 0 aliphatic rings. The molecular weight excluding hydrogens is 216 g/mol. The first-order chi connectivity index (χ1) is 8.10. The van der Waals surface area contributed by atoms with E-state index in [2.05, 4.69) is 18.8 Å². The maximum absolute atomic E-state index is 10.3. The second-order valence-corrected chi connectivity index (χ2v) is 4.48. The lowest BCUT2D eigenvalue weighted by molar-refractivity contribution is 0.0855. The number of hydrogen-bond donors (Lipinski definition) is 2. The van der Waals surface area contributed by atoms with Gasteiger partial charge in [0, 0.05) is 17.7 Å². The summed E-state index contributed by atoms with van der Waals surface area (Å²) in [5, 5.41) is 10.3. The number of aromatic nitrogens is 1. The minimum Gasteiger partial charge on any atom is -0.492 e. The fourth-order valence-electron chi connectivity index (χ4n) is 1.86. The summed E-state index contributed by atoms with van der Waals surface area (Å²) < 4.78 is 5.37. The van der Waals surface area contributed by atoms with Gasteiger partial charge < -0.3 is 15.6 Å². The number of rotatable bonds is 6. The Morgan fingerprint density at radius 1 is 1.41 bits per heavy atom. The molecule has 4 heteroatoms. The molecule has 0 aromatic carbocycles. The van der Waals surface area contributed by atoms with Crippen molar-refractivity contribution < 1.29 is 9.84 Å². The summed E-state index contributed by atoms with van der Waals surface area (Å²) in [6.45, 7) is 7.07. The predicted octanol–water partition coefficient (Wildman–Crippen LogP) is 1.74. The second-order valence-electron chi connectivity index (χ2n) is 4.48. The highest BCUT2D eigenvalue weighted by Crippen LogP contribution is 2.28. The van der Waals surface area contributed by atoms with Gasteiger partial charge in [0.25, 0.3) is 0 Å². The van der Waals surface area contributed by atoms with Gasteiger partial charge in [-0.1, -0.05) is 13.8 Å². The van der Waals surface area contributed by atoms with Crippen molar-refractivity contribution >= 4 is 0 Å². The first kappa shape index (κ1) is 13.9. The van der Waals surface area contributed by atoms with Crippen LogP contribution in [-0.2, 0) is 0 Å². The maximum atomic E-state index is 10.3. The normalized spacial score (nSPS) is 14.7. The number of pyridine rings is 1. The van der Waals surface area contributed by atoms with Crippen LogP contribution in [-0.4, -0.2) is 23.2 Å². The van der Waals surface area contributed by atoms with E-state index in [0.29, 0.717) is 24.8 Å². The molecule has 0 saturated carbocycles. The first-order valence-electron chi connectivity index (χ1n) is 6.06. The number of aliphatic hydroxyl groups excluding tert-OH is 1. The molecule has 1 rings (SSSR count). The number of nitrogens with zero attached hydrogens (tertiary/aromatic N) is 1. The lowest BCUT2D eigenvalue weighted by Gasteiger charge is -2.25. The van der Waals surface area contributed by atoms with Crippen molar-refractivity contribution in [2.75, 3.05) is 13.2 Å². The van der Waals surface area contributed by atoms with E-state index in [9.17, 15) is 5.11 Å². The van der Waals surface area contributed by atoms with E-state index in [1.54, 1.807) is 12.4 Å². The van der Waals surface area contributed by atoms with E-state index in [4.69, 9.17) is 10.5 Å². The Kier molecular flexibility index (Phi) is 5.38. The van der Waals surface area contributed by atoms with E-state index in [0.717, 1.165) is 5.56 Å². The minimum atomic E-state index is -0.590. The van der Waals surface area contributed by atoms with Crippen LogP contribution in [0.2, 0.25) is 0 Å². The third kappa shape index (κ3) is 3.68. The molecule has 0 spiro atoms. The van der Waals surface area contributed by atoms with Crippen LogP contribution in [0.1, 0.15) is 32.4 Å². The third-order valence-electron chi connectivity index (χ3n) is 2.92. The van der Waals surface area contributed by atoms with Crippen molar-refractivity contribution in [2.24, 2.45) is 17.6 Å². The number of nitrogens with two attached hydrogens (primary N) is 1. The SMILES string of the molecule is CCOc1cncc(C(O)C(CN)C(C)C)c1. The Labute approximate surface area is 103 Å². The van der Waals surface area contributed by atoms with Crippen LogP contribution < -0.4 is 10.5 Å². The van der Waals surface area contributed by atoms with Gasteiger partial charge in [-0.2, -0.15) is 0 Å². The molecule has 96 valence electrons. The highest BCUT2D eigenvalue weighted by atomic mass is 16.5. The molecular formula is C13H22N2O2. The van der Waals surface area contributed by atoms with Gasteiger partial charge in [0.2, 0.25) is 0 Å². The highest BCUT2D eigenvalue weighted by Gasteiger charge is 2.23. The second kappa shape index (κ2) is 6.57. The quantitative estimate of drug-likeness (QED) is 0.792. The van der Waals surface area contributed by atoms with Gasteiger partial charge in [0.15, 0.2) is 0 Å². The highest BCUT2D eigenvalue weighted by molar-refractivity contribution is 5.25. The van der Waals surface area contributed by atoms with Crippen molar-refractivity contribution in [1.29, 1.82) is 0 Å². The van der Waals surface area contributed by atoms with Crippen molar-refractivity contribution in [3.05, 3.63) is 24.0 Å². The summed E-state index contributed by atoms with van der Waals surface area (Å²) in [6, 6.07) is 1.83. The van der Waals surface area contributed by atoms with Crippen LogP contribution >= 0.6 is 0 Å². The molecule has 0 amide bonds. The Morgan fingerprint density at radius 2 is 2.12 bits per heavy atom. The Morgan fingerprint density at radius 3 is 2.65 bits per heavy atom. The number of aliphatic hydroxyl groups is 1. The molecule has 0 radical (unpaired) electrons. The van der Waals surface area contributed by atoms with Gasteiger partial charge in [0.05, 0.1) is 18.9 Å². The molecule has 17 heavy (non-hydrogen) atoms. The van der Waals surface area contributed by atoms with Gasteiger partial charge in [-0.25, -0.2) is 0 Å². The summed E-state index contributed by atoms with van der Waals surface area (Å²) >= 11 is 0. The summed E-state index contributed by atoms with van der Waals surface area (Å²) in [5.41, 5.74) is 6.46. The molecule has 0 aliphatic carbocycles. The summed E-state index contributed by atoms with van der Waals surface area (Å²) in [6.07, 6.45) is 2.72. The monoisotopic (exact) mass is 238 g/mol. The van der Waals surface area contributed by atoms with Crippen LogP contribution in [0.3, 0.4) is 0 Å². The fraction of sp³-hybridized carbons (Fsp3) is 0.615. The van der Waals surface area contributed by atoms with Gasteiger partial charge in [-0.15, -0.1) is 0 Å². The molecule has 0 bridgehead atoms. The van der Waals surface area contributed by atoms with Crippen LogP contribution in [0.5, 0.6) is 5.75 Å². The molecule has 0 saturated heterocycles. The molecule has 4 nitrogen and oxygen atoms in total. The average Bonchev–Trinajstić information content (AvgIpc) is 2.30. The molecule has 0 aliphatic heterocycles. The van der Waals surface area contributed by atoms with Crippen molar-refractivity contribution in [3.8, 4) is 5.75 Å². The average molecular weight is 238 g/mol. The maximum Gasteiger partial charge on any atom is 0.137 e. The van der Waals surface area contributed by atoms with E-state index < -0.39 is 6.10 Å². The minimum absolute atomic E-state index is 0.0358. The molecule has 1 aromatic rings. The zero-order chi connectivity index (χ0) is 12.8. The zero-order valence-electron chi connectivity index (χ0n) is 10.8. The van der Waals surface area contributed by atoms with Crippen LogP contribution in [0.4, 0.5) is 0 Å². The molecule has 2 unspecified atom stereocenters. The predicted molar refractivity (Wildman–Crippen MR) is 67.7 cm³/mol. The summed E-state index contributed by atoms with van der Waals surface area (Å²) in [7, 11) is 0. The van der Waals surface area contributed by atoms with Crippen molar-refractivity contribution in [2.45, 2.75) is 26.9 Å². The van der Waals surface area contributed by atoms with Crippen molar-refractivity contribution in [3.63, 3.8) is 0 Å². The Bertz CT molecular complexity index is 342. The van der Waals surface area contributed by atoms with E-state index >= 15 is 0 Å². The molecule has 1 aromatic heterocycles. The van der Waals surface area contributed by atoms with Crippen LogP contribution in [0.25, 0.3) is 0 Å². The lowest BCUT2D eigenvalue weighted by Crippen LogP contribution is -2.26. The zero-order valence-corrected chi connectivity index (χ0v) is 10.8. The molecule has 3 N–H and O–H groups in total. The van der Waals surface area contributed by atoms with Crippen LogP contribution in [0.15, 0.2) is 18.5 Å². The van der Waals surface area contributed by atoms with Crippen molar-refractivity contribution in [1.82, 2.24) is 4.98 Å². The summed E-state index contributed by atoms with van der Waals surface area (Å²) in [5.74, 6) is 1.04. The van der Waals surface area contributed by atoms with Gasteiger partial charge in [-0.3, -0.25) is 4.98 Å². The largest absolute Gasteiger partial charge is 0.492 e. The third-order valence-corrected chi connectivity index (χ3v) is 2.92. The number of hydrogen-bond acceptors (Lipinski definition) is 4. The smallest absolute Gasteiger partial charge is 0.137 e. The first-order valence-corrected chi connectivity index (χ1v) is 6.06. The van der Waals surface area contributed by atoms with Crippen LogP contribution in [0, 0.1) is 11.8 Å². The van der Waals surface area contributed by atoms with Gasteiger partial charge >= 0.3 is 0 Å². The van der Waals surface area contributed by atoms with E-state index in [-0.39, 0.29) is 5.92 Å². The van der Waals surface area contributed by atoms with E-state index in [1.807, 2.05) is 13.0 Å². The standard InChI is InChI=1S/C13H22N2O2/c1-4-17-11-5-10(7-15-8-11)13(16)12(6-14)9(2)3/h5,7-9,12-13,16H,4,6,14H2,1-3H3. The van der Waals surface area contributed by atoms with Gasteiger partial charge in [-0.05, 0) is 25.5 Å². The number of ether oxygens (including phenoxy) is 1. The summed E-state index contributed by atoms with van der Waals surface area (Å²) in [4.78, 5) is 4.07. The Balaban J connectivity index is 2.86. The Hall–Kier alpha value is -1.13. The molecule has 0 fully saturated rings. The van der Waals surface area contributed by atoms with Gasteiger partial charge in [0.1, 0.15) is 5.75 Å². The topological polar surface area (TPSA) is 68.4 Å². The lowest BCUT2D eigenvalue weighted by atomic mass is 9.87. The van der Waals surface area contributed by atoms with E-state index in [1.165, 1.54) is 0 Å².